The first-order valence-electron chi connectivity index (χ1n) is 5.74. The number of halogens is 1. The van der Waals surface area contributed by atoms with Crippen LogP contribution in [0.15, 0.2) is 12.1 Å². The molecule has 1 aromatic heterocycles. The SMILES string of the molecule is CC1(C(N)Cc2ccc(Cl)s2)CCCCO1. The Hall–Kier alpha value is -0.0900. The highest BCUT2D eigenvalue weighted by Crippen LogP contribution is 2.30. The zero-order valence-electron chi connectivity index (χ0n) is 9.54. The van der Waals surface area contributed by atoms with Crippen molar-refractivity contribution in [2.45, 2.75) is 44.2 Å². The average molecular weight is 260 g/mol. The molecule has 2 heterocycles. The van der Waals surface area contributed by atoms with Crippen LogP contribution in [0.25, 0.3) is 0 Å². The van der Waals surface area contributed by atoms with Crippen LogP contribution in [0.3, 0.4) is 0 Å². The fourth-order valence-corrected chi connectivity index (χ4v) is 3.29. The lowest BCUT2D eigenvalue weighted by Gasteiger charge is -2.38. The number of ether oxygens (including phenoxy) is 1. The van der Waals surface area contributed by atoms with Gasteiger partial charge in [-0.15, -0.1) is 11.3 Å². The summed E-state index contributed by atoms with van der Waals surface area (Å²) in [6.07, 6.45) is 4.30. The summed E-state index contributed by atoms with van der Waals surface area (Å²) >= 11 is 7.52. The van der Waals surface area contributed by atoms with E-state index < -0.39 is 0 Å². The van der Waals surface area contributed by atoms with Crippen LogP contribution in [-0.4, -0.2) is 18.2 Å². The van der Waals surface area contributed by atoms with E-state index >= 15 is 0 Å². The van der Waals surface area contributed by atoms with Crippen molar-refractivity contribution in [3.8, 4) is 0 Å². The Morgan fingerprint density at radius 3 is 2.94 bits per heavy atom. The summed E-state index contributed by atoms with van der Waals surface area (Å²) in [5.41, 5.74) is 6.10. The van der Waals surface area contributed by atoms with Crippen LogP contribution < -0.4 is 5.73 Å². The van der Waals surface area contributed by atoms with E-state index in [2.05, 4.69) is 13.0 Å². The van der Waals surface area contributed by atoms with Crippen molar-refractivity contribution >= 4 is 22.9 Å². The van der Waals surface area contributed by atoms with Gasteiger partial charge in [0.1, 0.15) is 0 Å². The molecule has 2 atom stereocenters. The summed E-state index contributed by atoms with van der Waals surface area (Å²) < 4.78 is 6.68. The number of rotatable bonds is 3. The van der Waals surface area contributed by atoms with Crippen LogP contribution in [0.1, 0.15) is 31.1 Å². The van der Waals surface area contributed by atoms with Crippen molar-refractivity contribution in [3.63, 3.8) is 0 Å². The first kappa shape index (κ1) is 12.4. The van der Waals surface area contributed by atoms with Crippen LogP contribution in [0, 0.1) is 0 Å². The Bertz CT molecular complexity index is 347. The number of thiophene rings is 1. The predicted molar refractivity (Wildman–Crippen MR) is 69.2 cm³/mol. The number of nitrogens with two attached hydrogens (primary N) is 1. The highest BCUT2D eigenvalue weighted by molar-refractivity contribution is 7.16. The molecule has 2 unspecified atom stereocenters. The molecule has 0 radical (unpaired) electrons. The molecule has 16 heavy (non-hydrogen) atoms. The molecular weight excluding hydrogens is 242 g/mol. The van der Waals surface area contributed by atoms with Gasteiger partial charge in [0.05, 0.1) is 9.94 Å². The van der Waals surface area contributed by atoms with Gasteiger partial charge >= 0.3 is 0 Å². The minimum absolute atomic E-state index is 0.0579. The second kappa shape index (κ2) is 5.05. The van der Waals surface area contributed by atoms with E-state index in [-0.39, 0.29) is 11.6 Å². The lowest BCUT2D eigenvalue weighted by Crippen LogP contribution is -2.50. The summed E-state index contributed by atoms with van der Waals surface area (Å²) in [6.45, 7) is 2.97. The van der Waals surface area contributed by atoms with E-state index in [1.807, 2.05) is 6.07 Å². The van der Waals surface area contributed by atoms with Gasteiger partial charge < -0.3 is 10.5 Å². The predicted octanol–water partition coefficient (Wildman–Crippen LogP) is 3.23. The molecule has 4 heteroatoms. The summed E-state index contributed by atoms with van der Waals surface area (Å²) in [7, 11) is 0. The monoisotopic (exact) mass is 259 g/mol. The molecule has 2 rings (SSSR count). The Labute approximate surface area is 106 Å². The van der Waals surface area contributed by atoms with Gasteiger partial charge in [0.25, 0.3) is 0 Å². The maximum Gasteiger partial charge on any atom is 0.0931 e. The van der Waals surface area contributed by atoms with Gasteiger partial charge in [-0.3, -0.25) is 0 Å². The molecule has 2 N–H and O–H groups in total. The highest BCUT2D eigenvalue weighted by Gasteiger charge is 2.34. The molecule has 1 aromatic rings. The van der Waals surface area contributed by atoms with E-state index in [0.717, 1.165) is 30.2 Å². The Balaban J connectivity index is 1.98. The molecule has 0 spiro atoms. The maximum absolute atomic E-state index is 6.26. The number of hydrogen-bond acceptors (Lipinski definition) is 3. The van der Waals surface area contributed by atoms with Crippen molar-refractivity contribution in [2.75, 3.05) is 6.61 Å². The van der Waals surface area contributed by atoms with Crippen molar-refractivity contribution in [1.82, 2.24) is 0 Å². The fourth-order valence-electron chi connectivity index (χ4n) is 2.14. The molecule has 1 saturated heterocycles. The van der Waals surface area contributed by atoms with Crippen LogP contribution in [-0.2, 0) is 11.2 Å². The van der Waals surface area contributed by atoms with Crippen molar-refractivity contribution < 1.29 is 4.74 Å². The van der Waals surface area contributed by atoms with Crippen LogP contribution in [0.5, 0.6) is 0 Å². The summed E-state index contributed by atoms with van der Waals surface area (Å²) in [4.78, 5) is 1.24. The van der Waals surface area contributed by atoms with Gasteiger partial charge in [-0.25, -0.2) is 0 Å². The summed E-state index contributed by atoms with van der Waals surface area (Å²) in [6, 6.07) is 4.04. The van der Waals surface area contributed by atoms with E-state index in [0.29, 0.717) is 0 Å². The van der Waals surface area contributed by atoms with Crippen molar-refractivity contribution in [1.29, 1.82) is 0 Å². The van der Waals surface area contributed by atoms with Crippen LogP contribution >= 0.6 is 22.9 Å². The summed E-state index contributed by atoms with van der Waals surface area (Å²) in [5.74, 6) is 0. The molecule has 0 bridgehead atoms. The third-order valence-electron chi connectivity index (χ3n) is 3.33. The second-order valence-electron chi connectivity index (χ2n) is 4.63. The van der Waals surface area contributed by atoms with Crippen molar-refractivity contribution in [2.24, 2.45) is 5.73 Å². The fraction of sp³-hybridized carbons (Fsp3) is 0.667. The second-order valence-corrected chi connectivity index (χ2v) is 6.43. The molecular formula is C12H18ClNOS. The number of hydrogen-bond donors (Lipinski definition) is 1. The van der Waals surface area contributed by atoms with Gasteiger partial charge in [-0.2, -0.15) is 0 Å². The third-order valence-corrected chi connectivity index (χ3v) is 4.59. The Kier molecular flexibility index (Phi) is 3.90. The van der Waals surface area contributed by atoms with E-state index in [1.54, 1.807) is 11.3 Å². The molecule has 0 amide bonds. The Morgan fingerprint density at radius 2 is 2.38 bits per heavy atom. The third kappa shape index (κ3) is 2.77. The first-order chi connectivity index (χ1) is 7.60. The van der Waals surface area contributed by atoms with E-state index in [4.69, 9.17) is 22.1 Å². The minimum Gasteiger partial charge on any atom is -0.374 e. The smallest absolute Gasteiger partial charge is 0.0931 e. The van der Waals surface area contributed by atoms with Gasteiger partial charge in [-0.05, 0) is 44.7 Å². The largest absolute Gasteiger partial charge is 0.374 e. The molecule has 2 nitrogen and oxygen atoms in total. The van der Waals surface area contributed by atoms with Gasteiger partial charge in [0, 0.05) is 17.5 Å². The van der Waals surface area contributed by atoms with E-state index in [1.165, 1.54) is 11.3 Å². The molecule has 1 aliphatic rings. The molecule has 1 fully saturated rings. The lowest BCUT2D eigenvalue weighted by molar-refractivity contribution is -0.0807. The zero-order chi connectivity index (χ0) is 11.6. The first-order valence-corrected chi connectivity index (χ1v) is 6.93. The molecule has 0 aromatic carbocycles. The molecule has 0 saturated carbocycles. The van der Waals surface area contributed by atoms with Gasteiger partial charge in [0.15, 0.2) is 0 Å². The zero-order valence-corrected chi connectivity index (χ0v) is 11.1. The maximum atomic E-state index is 6.26. The van der Waals surface area contributed by atoms with Gasteiger partial charge in [-0.1, -0.05) is 11.6 Å². The minimum atomic E-state index is -0.158. The quantitative estimate of drug-likeness (QED) is 0.905. The van der Waals surface area contributed by atoms with E-state index in [9.17, 15) is 0 Å². The normalized spacial score (nSPS) is 27.9. The van der Waals surface area contributed by atoms with Gasteiger partial charge in [0.2, 0.25) is 0 Å². The van der Waals surface area contributed by atoms with Crippen LogP contribution in [0.2, 0.25) is 4.34 Å². The lowest BCUT2D eigenvalue weighted by atomic mass is 9.87. The summed E-state index contributed by atoms with van der Waals surface area (Å²) in [5, 5.41) is 0. The topological polar surface area (TPSA) is 35.2 Å². The Morgan fingerprint density at radius 1 is 1.56 bits per heavy atom. The standard InChI is InChI=1S/C12H18ClNOS/c1-12(6-2-3-7-15-12)10(14)8-9-4-5-11(13)16-9/h4-5,10H,2-3,6-8,14H2,1H3. The highest BCUT2D eigenvalue weighted by atomic mass is 35.5. The van der Waals surface area contributed by atoms with Crippen molar-refractivity contribution in [3.05, 3.63) is 21.3 Å². The van der Waals surface area contributed by atoms with Crippen LogP contribution in [0.4, 0.5) is 0 Å². The molecule has 0 aliphatic carbocycles. The average Bonchev–Trinajstić information content (AvgIpc) is 2.65. The molecule has 1 aliphatic heterocycles. The molecule has 90 valence electrons.